The fraction of sp³-hybridized carbons (Fsp3) is 0.182. The van der Waals surface area contributed by atoms with E-state index in [1.54, 1.807) is 45.3 Å². The zero-order chi connectivity index (χ0) is 39.7. The molecule has 15 heteroatoms. The van der Waals surface area contributed by atoms with Gasteiger partial charge in [0.15, 0.2) is 0 Å². The van der Waals surface area contributed by atoms with E-state index < -0.39 is 0 Å². The van der Waals surface area contributed by atoms with E-state index in [9.17, 15) is 0 Å². The number of ether oxygens (including phenoxy) is 2. The molecule has 6 nitrogen and oxygen atoms in total. The van der Waals surface area contributed by atoms with Crippen molar-refractivity contribution in [1.82, 2.24) is 18.7 Å². The van der Waals surface area contributed by atoms with Crippen LogP contribution in [0.3, 0.4) is 0 Å². The van der Waals surface area contributed by atoms with Crippen LogP contribution in [-0.4, -0.2) is 18.7 Å². The Kier molecular flexibility index (Phi) is 7.50. The highest BCUT2D eigenvalue weighted by atomic mass is 32.1. The minimum absolute atomic E-state index is 0.337. The van der Waals surface area contributed by atoms with Crippen LogP contribution in [0.2, 0.25) is 0 Å². The monoisotopic (exact) mass is 932 g/mol. The Morgan fingerprint density at radius 1 is 0.458 bits per heavy atom. The lowest BCUT2D eigenvalue weighted by Gasteiger charge is -2.31. The van der Waals surface area contributed by atoms with Gasteiger partial charge in [-0.25, -0.2) is 9.97 Å². The van der Waals surface area contributed by atoms with Crippen LogP contribution in [0, 0.1) is 13.8 Å². The van der Waals surface area contributed by atoms with Gasteiger partial charge in [0.05, 0.1) is 42.6 Å². The molecular formula is C44H28N4O2S9. The van der Waals surface area contributed by atoms with Crippen molar-refractivity contribution in [3.63, 3.8) is 0 Å². The molecule has 290 valence electrons. The number of fused-ring (bicyclic) bond motifs is 10. The molecule has 10 aromatic heterocycles. The third kappa shape index (κ3) is 5.20. The van der Waals surface area contributed by atoms with Crippen molar-refractivity contribution in [2.45, 2.75) is 52.7 Å². The largest absolute Gasteiger partial charge is 0.482 e. The summed E-state index contributed by atoms with van der Waals surface area (Å²) in [5.41, 5.74) is 9.27. The second-order valence-corrected chi connectivity index (χ2v) is 24.7. The van der Waals surface area contributed by atoms with Gasteiger partial charge in [0.2, 0.25) is 0 Å². The molecule has 0 radical (unpaired) electrons. The zero-order valence-corrected chi connectivity index (χ0v) is 39.4. The van der Waals surface area contributed by atoms with E-state index in [1.165, 1.54) is 80.7 Å². The van der Waals surface area contributed by atoms with Gasteiger partial charge >= 0.3 is 0 Å². The molecule has 0 bridgehead atoms. The predicted molar refractivity (Wildman–Crippen MR) is 258 cm³/mol. The van der Waals surface area contributed by atoms with E-state index in [-0.39, 0.29) is 11.2 Å². The molecule has 0 spiro atoms. The number of nitrogens with zero attached hydrogens (tertiary/aromatic N) is 4. The summed E-state index contributed by atoms with van der Waals surface area (Å²) >= 11 is 15.8. The Labute approximate surface area is 374 Å². The Morgan fingerprint density at radius 3 is 1.59 bits per heavy atom. The van der Waals surface area contributed by atoms with Crippen LogP contribution in [0.15, 0.2) is 59.3 Å². The molecule has 0 saturated heterocycles. The Hall–Kier alpha value is -3.90. The van der Waals surface area contributed by atoms with E-state index in [1.807, 2.05) is 45.3 Å². The van der Waals surface area contributed by atoms with Gasteiger partial charge in [0.1, 0.15) is 44.8 Å². The molecule has 0 unspecified atom stereocenters. The van der Waals surface area contributed by atoms with Crippen LogP contribution in [0.25, 0.3) is 101 Å². The molecular weight excluding hydrogens is 905 g/mol. The molecule has 0 aliphatic carbocycles. The number of aromatic nitrogens is 4. The molecule has 2 aliphatic rings. The van der Waals surface area contributed by atoms with Gasteiger partial charge in [-0.05, 0) is 94.8 Å². The van der Waals surface area contributed by atoms with Gasteiger partial charge in [0.25, 0.3) is 0 Å². The van der Waals surface area contributed by atoms with E-state index >= 15 is 0 Å². The first-order valence-electron chi connectivity index (χ1n) is 18.8. The summed E-state index contributed by atoms with van der Waals surface area (Å²) in [5.74, 6) is 1.98. The van der Waals surface area contributed by atoms with Gasteiger partial charge in [0, 0.05) is 76.4 Å². The van der Waals surface area contributed by atoms with Crippen molar-refractivity contribution in [1.29, 1.82) is 0 Å². The number of hydrogen-bond donors (Lipinski definition) is 0. The highest BCUT2D eigenvalue weighted by Gasteiger charge is 2.37. The molecule has 0 atom stereocenters. The molecule has 13 rings (SSSR count). The lowest BCUT2D eigenvalue weighted by molar-refractivity contribution is 0.107. The number of thiophene rings is 8. The minimum atomic E-state index is -0.369. The minimum Gasteiger partial charge on any atom is -0.482 e. The summed E-state index contributed by atoms with van der Waals surface area (Å²) in [6.45, 7) is 12.8. The molecule has 2 aliphatic heterocycles. The molecule has 59 heavy (non-hydrogen) atoms. The van der Waals surface area contributed by atoms with Gasteiger partial charge in [-0.1, -0.05) is 0 Å². The molecule has 0 saturated carbocycles. The lowest BCUT2D eigenvalue weighted by Crippen LogP contribution is -2.27. The van der Waals surface area contributed by atoms with Crippen LogP contribution in [-0.2, 0) is 11.2 Å². The third-order valence-corrected chi connectivity index (χ3v) is 21.2. The first-order chi connectivity index (χ1) is 28.5. The summed E-state index contributed by atoms with van der Waals surface area (Å²) in [4.78, 5) is 23.0. The van der Waals surface area contributed by atoms with E-state index in [2.05, 4.69) is 101 Å². The molecule has 11 aromatic rings. The maximum atomic E-state index is 6.53. The smallest absolute Gasteiger partial charge is 0.140 e. The molecule has 0 amide bonds. The van der Waals surface area contributed by atoms with Crippen LogP contribution in [0.5, 0.6) is 11.5 Å². The number of aryl methyl sites for hydroxylation is 2. The highest BCUT2D eigenvalue weighted by Crippen LogP contribution is 2.57. The van der Waals surface area contributed by atoms with Crippen molar-refractivity contribution in [3.8, 4) is 71.4 Å². The highest BCUT2D eigenvalue weighted by molar-refractivity contribution is 7.34. The average molecular weight is 933 g/mol. The van der Waals surface area contributed by atoms with Crippen LogP contribution < -0.4 is 9.47 Å². The quantitative estimate of drug-likeness (QED) is 0.175. The van der Waals surface area contributed by atoms with E-state index in [0.29, 0.717) is 0 Å². The second kappa shape index (κ2) is 12.4. The first-order valence-corrected chi connectivity index (χ1v) is 26.2. The normalized spacial score (nSPS) is 15.2. The molecule has 12 heterocycles. The Bertz CT molecular complexity index is 3510. The second-order valence-electron chi connectivity index (χ2n) is 15.9. The Morgan fingerprint density at radius 2 is 0.949 bits per heavy atom. The summed E-state index contributed by atoms with van der Waals surface area (Å²) in [6.07, 6.45) is 0. The van der Waals surface area contributed by atoms with Gasteiger partial charge in [-0.3, -0.25) is 0 Å². The van der Waals surface area contributed by atoms with Crippen LogP contribution >= 0.6 is 102 Å². The van der Waals surface area contributed by atoms with Crippen molar-refractivity contribution < 1.29 is 9.47 Å². The number of rotatable bonds is 4. The fourth-order valence-corrected chi connectivity index (χ4v) is 18.5. The van der Waals surface area contributed by atoms with E-state index in [0.717, 1.165) is 65.8 Å². The maximum Gasteiger partial charge on any atom is 0.140 e. The first kappa shape index (κ1) is 35.8. The van der Waals surface area contributed by atoms with Crippen molar-refractivity contribution in [2.24, 2.45) is 0 Å². The summed E-state index contributed by atoms with van der Waals surface area (Å²) in [5, 5.41) is 4.31. The lowest BCUT2D eigenvalue weighted by atomic mass is 9.95. The van der Waals surface area contributed by atoms with Crippen molar-refractivity contribution >= 4 is 143 Å². The average Bonchev–Trinajstić information content (AvgIpc) is 4.00. The third-order valence-electron chi connectivity index (χ3n) is 11.3. The van der Waals surface area contributed by atoms with Crippen molar-refractivity contribution in [2.75, 3.05) is 0 Å². The molecule has 0 fully saturated rings. The van der Waals surface area contributed by atoms with Gasteiger partial charge in [-0.15, -0.1) is 90.7 Å². The maximum absolute atomic E-state index is 6.53. The molecule has 0 N–H and O–H groups in total. The van der Waals surface area contributed by atoms with E-state index in [4.69, 9.17) is 28.2 Å². The van der Waals surface area contributed by atoms with Gasteiger partial charge < -0.3 is 9.47 Å². The SMILES string of the molecule is Cc1nc2c(-c3cc4sc(-c5cc6c(s5)-c5sccc5C(C)(C)O6)cc4s3)c3nsnc3c(-c3cc4sc(-c5cc6c(s5)-c5sccc5OC6(C)C)cc4s3)c2nc1C. The predicted octanol–water partition coefficient (Wildman–Crippen LogP) is 16.3. The summed E-state index contributed by atoms with van der Waals surface area (Å²) in [6, 6.07) is 18.2. The zero-order valence-electron chi connectivity index (χ0n) is 32.1. The standard InChI is InChI=1S/C44H28N4O2S9/c1-17-18(2)46-36-34(32-16-30-28(56-32)14-26(54-30)24-12-22-42(58-24)39-19(7-9-51-39)43(3,4)50-22)38-37(47-59-48-38)33(35(36)45-17)31-15-29-27(55-31)13-25(53-29)23-11-20-40(57-23)41-21(8-10-52-41)49-44(20,5)6/h7-16H,1-6H3. The summed E-state index contributed by atoms with van der Waals surface area (Å²) < 4.78 is 27.9. The Balaban J connectivity index is 0.905. The number of hydrogen-bond acceptors (Lipinski definition) is 15. The number of benzene rings is 1. The van der Waals surface area contributed by atoms with Crippen molar-refractivity contribution in [3.05, 3.63) is 81.8 Å². The molecule has 1 aromatic carbocycles. The topological polar surface area (TPSA) is 70.0 Å². The van der Waals surface area contributed by atoms with Crippen LogP contribution in [0.1, 0.15) is 50.2 Å². The van der Waals surface area contributed by atoms with Crippen LogP contribution in [0.4, 0.5) is 0 Å². The summed E-state index contributed by atoms with van der Waals surface area (Å²) in [7, 11) is 0. The van der Waals surface area contributed by atoms with Gasteiger partial charge in [-0.2, -0.15) is 8.75 Å². The fourth-order valence-electron chi connectivity index (χ4n) is 8.34.